The molecule has 3 rings (SSSR count). The average Bonchev–Trinajstić information content (AvgIpc) is 2.67. The van der Waals surface area contributed by atoms with Crippen molar-refractivity contribution in [2.24, 2.45) is 0 Å². The number of rotatable bonds is 5. The summed E-state index contributed by atoms with van der Waals surface area (Å²) in [5.41, 5.74) is 4.79. The lowest BCUT2D eigenvalue weighted by molar-refractivity contribution is -0.116. The third-order valence-corrected chi connectivity index (χ3v) is 3.90. The molecule has 25 heavy (non-hydrogen) atoms. The van der Waals surface area contributed by atoms with Crippen LogP contribution in [0.15, 0.2) is 79.6 Å². The summed E-state index contributed by atoms with van der Waals surface area (Å²) in [4.78, 5) is 15.7. The predicted molar refractivity (Wildman–Crippen MR) is 97.1 cm³/mol. The zero-order chi connectivity index (χ0) is 17.6. The molecule has 0 bridgehead atoms. The highest BCUT2D eigenvalue weighted by atomic mass is 19.1. The molecule has 0 fully saturated rings. The highest BCUT2D eigenvalue weighted by Gasteiger charge is 2.09. The van der Waals surface area contributed by atoms with Crippen molar-refractivity contribution in [3.63, 3.8) is 0 Å². The van der Waals surface area contributed by atoms with Crippen LogP contribution in [-0.4, -0.2) is 10.9 Å². The van der Waals surface area contributed by atoms with Crippen molar-refractivity contribution in [3.8, 4) is 22.3 Å². The Morgan fingerprint density at radius 2 is 1.84 bits per heavy atom. The number of nitrogens with zero attached hydrogens (tertiary/aromatic N) is 1. The van der Waals surface area contributed by atoms with E-state index >= 15 is 0 Å². The molecule has 0 unspecified atom stereocenters. The van der Waals surface area contributed by atoms with E-state index in [1.54, 1.807) is 24.5 Å². The molecule has 0 spiro atoms. The van der Waals surface area contributed by atoms with Gasteiger partial charge in [-0.25, -0.2) is 4.39 Å². The van der Waals surface area contributed by atoms with Gasteiger partial charge in [0.1, 0.15) is 5.82 Å². The van der Waals surface area contributed by atoms with Gasteiger partial charge in [-0.15, -0.1) is 0 Å². The van der Waals surface area contributed by atoms with E-state index in [0.29, 0.717) is 6.54 Å². The van der Waals surface area contributed by atoms with Gasteiger partial charge < -0.3 is 5.32 Å². The SMILES string of the molecule is C=CC(=O)NCc1ccc(-c2ccc(F)cc2)cc1-c1cccnc1. The highest BCUT2D eigenvalue weighted by Crippen LogP contribution is 2.29. The number of amides is 1. The summed E-state index contributed by atoms with van der Waals surface area (Å²) in [5.74, 6) is -0.486. The monoisotopic (exact) mass is 332 g/mol. The van der Waals surface area contributed by atoms with Crippen LogP contribution in [0.4, 0.5) is 4.39 Å². The van der Waals surface area contributed by atoms with Crippen LogP contribution in [0.3, 0.4) is 0 Å². The van der Waals surface area contributed by atoms with Gasteiger partial charge in [-0.05, 0) is 52.6 Å². The molecule has 3 nitrogen and oxygen atoms in total. The Labute approximate surface area is 145 Å². The second-order valence-corrected chi connectivity index (χ2v) is 5.54. The third kappa shape index (κ3) is 3.98. The Balaban J connectivity index is 2.02. The molecule has 0 aliphatic heterocycles. The number of carbonyl (C=O) groups excluding carboxylic acids is 1. The fraction of sp³-hybridized carbons (Fsp3) is 0.0476. The van der Waals surface area contributed by atoms with Gasteiger partial charge in [0.2, 0.25) is 5.91 Å². The first-order valence-corrected chi connectivity index (χ1v) is 7.87. The van der Waals surface area contributed by atoms with Crippen LogP contribution in [0.25, 0.3) is 22.3 Å². The lowest BCUT2D eigenvalue weighted by atomic mass is 9.95. The van der Waals surface area contributed by atoms with Gasteiger partial charge in [0.25, 0.3) is 0 Å². The minimum atomic E-state index is -0.264. The van der Waals surface area contributed by atoms with E-state index in [4.69, 9.17) is 0 Å². The summed E-state index contributed by atoms with van der Waals surface area (Å²) < 4.78 is 13.2. The minimum absolute atomic E-state index is 0.222. The molecule has 1 heterocycles. The normalized spacial score (nSPS) is 10.3. The molecule has 0 radical (unpaired) electrons. The molecule has 4 heteroatoms. The molecule has 0 aliphatic rings. The van der Waals surface area contributed by atoms with Gasteiger partial charge in [-0.2, -0.15) is 0 Å². The number of halogens is 1. The van der Waals surface area contributed by atoms with Crippen molar-refractivity contribution < 1.29 is 9.18 Å². The fourth-order valence-corrected chi connectivity index (χ4v) is 2.60. The fourth-order valence-electron chi connectivity index (χ4n) is 2.60. The van der Waals surface area contributed by atoms with Crippen LogP contribution in [0, 0.1) is 5.82 Å². The quantitative estimate of drug-likeness (QED) is 0.706. The van der Waals surface area contributed by atoms with Gasteiger partial charge >= 0.3 is 0 Å². The summed E-state index contributed by atoms with van der Waals surface area (Å²) in [7, 11) is 0. The average molecular weight is 332 g/mol. The Kier molecular flexibility index (Phi) is 5.00. The lowest BCUT2D eigenvalue weighted by Gasteiger charge is -2.13. The second-order valence-electron chi connectivity index (χ2n) is 5.54. The van der Waals surface area contributed by atoms with E-state index in [1.165, 1.54) is 18.2 Å². The molecule has 0 saturated carbocycles. The number of carbonyl (C=O) groups is 1. The van der Waals surface area contributed by atoms with Crippen molar-refractivity contribution in [1.29, 1.82) is 0 Å². The summed E-state index contributed by atoms with van der Waals surface area (Å²) in [6.07, 6.45) is 4.74. The van der Waals surface area contributed by atoms with E-state index in [2.05, 4.69) is 16.9 Å². The number of hydrogen-bond donors (Lipinski definition) is 1. The Hall–Kier alpha value is -3.27. The maximum Gasteiger partial charge on any atom is 0.243 e. The Morgan fingerprint density at radius 1 is 1.08 bits per heavy atom. The van der Waals surface area contributed by atoms with Crippen molar-refractivity contribution >= 4 is 5.91 Å². The molecule has 0 saturated heterocycles. The van der Waals surface area contributed by atoms with Gasteiger partial charge in [-0.3, -0.25) is 9.78 Å². The molecule has 1 N–H and O–H groups in total. The highest BCUT2D eigenvalue weighted by molar-refractivity contribution is 5.87. The molecule has 124 valence electrons. The molecule has 1 aromatic heterocycles. The van der Waals surface area contributed by atoms with Gasteiger partial charge in [-0.1, -0.05) is 36.9 Å². The maximum atomic E-state index is 13.2. The Morgan fingerprint density at radius 3 is 2.52 bits per heavy atom. The van der Waals surface area contributed by atoms with Crippen LogP contribution < -0.4 is 5.32 Å². The smallest absolute Gasteiger partial charge is 0.243 e. The van der Waals surface area contributed by atoms with Crippen LogP contribution in [0.2, 0.25) is 0 Å². The summed E-state index contributed by atoms with van der Waals surface area (Å²) >= 11 is 0. The van der Waals surface area contributed by atoms with E-state index in [-0.39, 0.29) is 11.7 Å². The van der Waals surface area contributed by atoms with Crippen LogP contribution >= 0.6 is 0 Å². The number of hydrogen-bond acceptors (Lipinski definition) is 2. The topological polar surface area (TPSA) is 42.0 Å². The first-order chi connectivity index (χ1) is 12.2. The van der Waals surface area contributed by atoms with E-state index < -0.39 is 0 Å². The summed E-state index contributed by atoms with van der Waals surface area (Å²) in [6.45, 7) is 3.85. The molecule has 0 aliphatic carbocycles. The van der Waals surface area contributed by atoms with E-state index in [0.717, 1.165) is 27.8 Å². The van der Waals surface area contributed by atoms with Crippen molar-refractivity contribution in [2.45, 2.75) is 6.54 Å². The summed E-state index contributed by atoms with van der Waals surface area (Å²) in [6, 6.07) is 16.2. The largest absolute Gasteiger partial charge is 0.348 e. The first-order valence-electron chi connectivity index (χ1n) is 7.87. The minimum Gasteiger partial charge on any atom is -0.348 e. The predicted octanol–water partition coefficient (Wildman–Crippen LogP) is 4.36. The molecule has 0 atom stereocenters. The van der Waals surface area contributed by atoms with Crippen molar-refractivity contribution in [1.82, 2.24) is 10.3 Å². The van der Waals surface area contributed by atoms with Gasteiger partial charge in [0, 0.05) is 24.5 Å². The Bertz CT molecular complexity index is 890. The van der Waals surface area contributed by atoms with Crippen LogP contribution in [-0.2, 0) is 11.3 Å². The number of aromatic nitrogens is 1. The molecular formula is C21H17FN2O. The van der Waals surface area contributed by atoms with E-state index in [1.807, 2.05) is 30.3 Å². The number of benzene rings is 2. The van der Waals surface area contributed by atoms with Crippen molar-refractivity contribution in [3.05, 3.63) is 91.0 Å². The lowest BCUT2D eigenvalue weighted by Crippen LogP contribution is -2.20. The number of pyridine rings is 1. The summed E-state index contributed by atoms with van der Waals surface area (Å²) in [5, 5.41) is 2.80. The van der Waals surface area contributed by atoms with E-state index in [9.17, 15) is 9.18 Å². The van der Waals surface area contributed by atoms with Crippen LogP contribution in [0.5, 0.6) is 0 Å². The number of nitrogens with one attached hydrogen (secondary N) is 1. The van der Waals surface area contributed by atoms with Gasteiger partial charge in [0.15, 0.2) is 0 Å². The molecule has 3 aromatic rings. The van der Waals surface area contributed by atoms with Gasteiger partial charge in [0.05, 0.1) is 0 Å². The maximum absolute atomic E-state index is 13.2. The standard InChI is InChI=1S/C21H17FN2O/c1-2-21(25)24-14-18-6-5-16(15-7-9-19(22)10-8-15)12-20(18)17-4-3-11-23-13-17/h2-13H,1,14H2,(H,24,25). The van der Waals surface area contributed by atoms with Crippen LogP contribution in [0.1, 0.15) is 5.56 Å². The molecule has 2 aromatic carbocycles. The zero-order valence-electron chi connectivity index (χ0n) is 13.6. The third-order valence-electron chi connectivity index (χ3n) is 3.90. The molecule has 1 amide bonds. The van der Waals surface area contributed by atoms with Crippen molar-refractivity contribution in [2.75, 3.05) is 0 Å². The zero-order valence-corrected chi connectivity index (χ0v) is 13.6. The first kappa shape index (κ1) is 16.6. The second kappa shape index (κ2) is 7.53. The molecular weight excluding hydrogens is 315 g/mol.